The first-order chi connectivity index (χ1) is 10.5. The third-order valence-corrected chi connectivity index (χ3v) is 2.99. The molecular formula is C15H14FN3O3. The zero-order valence-corrected chi connectivity index (χ0v) is 11.7. The number of rotatable bonds is 4. The van der Waals surface area contributed by atoms with Crippen LogP contribution in [0.5, 0.6) is 5.75 Å². The molecule has 1 aromatic heterocycles. The maximum atomic E-state index is 12.8. The van der Waals surface area contributed by atoms with Crippen molar-refractivity contribution >= 4 is 12.1 Å². The third-order valence-electron chi connectivity index (χ3n) is 2.99. The summed E-state index contributed by atoms with van der Waals surface area (Å²) >= 11 is 0. The molecule has 1 amide bonds. The van der Waals surface area contributed by atoms with Crippen molar-refractivity contribution in [2.45, 2.75) is 13.5 Å². The number of nitrogens with zero attached hydrogens (tertiary/aromatic N) is 2. The summed E-state index contributed by atoms with van der Waals surface area (Å²) in [4.78, 5) is 15.7. The molecule has 0 aliphatic heterocycles. The van der Waals surface area contributed by atoms with Crippen molar-refractivity contribution in [2.75, 3.05) is 0 Å². The fourth-order valence-corrected chi connectivity index (χ4v) is 1.74. The van der Waals surface area contributed by atoms with Crippen molar-refractivity contribution in [3.05, 3.63) is 58.7 Å². The third kappa shape index (κ3) is 3.44. The van der Waals surface area contributed by atoms with Crippen LogP contribution in [0.4, 0.5) is 4.39 Å². The summed E-state index contributed by atoms with van der Waals surface area (Å²) in [6.07, 6.45) is 2.63. The van der Waals surface area contributed by atoms with E-state index in [-0.39, 0.29) is 23.5 Å². The SMILES string of the molecule is Cc1ncc(CO)c(C=NNC(=O)c2ccc(F)cc2)c1O. The molecule has 2 aromatic rings. The number of aromatic nitrogens is 1. The number of hydrogen-bond acceptors (Lipinski definition) is 5. The van der Waals surface area contributed by atoms with Crippen LogP contribution in [0.2, 0.25) is 0 Å². The van der Waals surface area contributed by atoms with E-state index in [1.54, 1.807) is 6.92 Å². The van der Waals surface area contributed by atoms with Gasteiger partial charge >= 0.3 is 0 Å². The zero-order chi connectivity index (χ0) is 16.1. The van der Waals surface area contributed by atoms with Gasteiger partial charge in [0.1, 0.15) is 11.6 Å². The largest absolute Gasteiger partial charge is 0.505 e. The second-order valence-electron chi connectivity index (χ2n) is 4.50. The average molecular weight is 303 g/mol. The van der Waals surface area contributed by atoms with Gasteiger partial charge < -0.3 is 10.2 Å². The van der Waals surface area contributed by atoms with E-state index in [1.807, 2.05) is 0 Å². The Morgan fingerprint density at radius 2 is 2.09 bits per heavy atom. The Labute approximate surface area is 125 Å². The highest BCUT2D eigenvalue weighted by molar-refractivity contribution is 5.95. The number of aliphatic hydroxyl groups excluding tert-OH is 1. The minimum atomic E-state index is -0.521. The van der Waals surface area contributed by atoms with Gasteiger partial charge in [-0.05, 0) is 31.2 Å². The summed E-state index contributed by atoms with van der Waals surface area (Å²) in [5.41, 5.74) is 3.53. The second kappa shape index (κ2) is 6.77. The molecule has 2 rings (SSSR count). The van der Waals surface area contributed by atoms with E-state index in [2.05, 4.69) is 15.5 Å². The van der Waals surface area contributed by atoms with E-state index in [4.69, 9.17) is 0 Å². The molecule has 0 atom stereocenters. The smallest absolute Gasteiger partial charge is 0.271 e. The molecule has 6 nitrogen and oxygen atoms in total. The lowest BCUT2D eigenvalue weighted by Crippen LogP contribution is -2.17. The molecule has 1 aromatic carbocycles. The molecule has 1 heterocycles. The number of benzene rings is 1. The number of hydrogen-bond donors (Lipinski definition) is 3. The lowest BCUT2D eigenvalue weighted by molar-refractivity contribution is 0.0955. The highest BCUT2D eigenvalue weighted by atomic mass is 19.1. The zero-order valence-electron chi connectivity index (χ0n) is 11.7. The molecule has 7 heteroatoms. The number of halogens is 1. The van der Waals surface area contributed by atoms with Gasteiger partial charge in [-0.1, -0.05) is 0 Å². The van der Waals surface area contributed by atoms with E-state index in [9.17, 15) is 19.4 Å². The fourth-order valence-electron chi connectivity index (χ4n) is 1.74. The van der Waals surface area contributed by atoms with E-state index < -0.39 is 11.7 Å². The lowest BCUT2D eigenvalue weighted by Gasteiger charge is -2.07. The topological polar surface area (TPSA) is 94.8 Å². The van der Waals surface area contributed by atoms with Crippen molar-refractivity contribution in [1.82, 2.24) is 10.4 Å². The maximum absolute atomic E-state index is 12.8. The number of aliphatic hydroxyl groups is 1. The van der Waals surface area contributed by atoms with E-state index in [1.165, 1.54) is 36.7 Å². The number of carbonyl (C=O) groups excluding carboxylic acids is 1. The normalized spacial score (nSPS) is 10.9. The molecule has 22 heavy (non-hydrogen) atoms. The van der Waals surface area contributed by atoms with E-state index in [0.717, 1.165) is 0 Å². The Morgan fingerprint density at radius 1 is 1.41 bits per heavy atom. The van der Waals surface area contributed by atoms with Crippen molar-refractivity contribution in [3.63, 3.8) is 0 Å². The number of aryl methyl sites for hydroxylation is 1. The first-order valence-electron chi connectivity index (χ1n) is 6.40. The van der Waals surface area contributed by atoms with Gasteiger partial charge in [-0.15, -0.1) is 0 Å². The lowest BCUT2D eigenvalue weighted by atomic mass is 10.1. The summed E-state index contributed by atoms with van der Waals surface area (Å²) in [6.45, 7) is 1.28. The molecule has 0 saturated carbocycles. The number of amides is 1. The number of aromatic hydroxyl groups is 1. The Balaban J connectivity index is 2.14. The Bertz CT molecular complexity index is 715. The van der Waals surface area contributed by atoms with Crippen molar-refractivity contribution in [2.24, 2.45) is 5.10 Å². The summed E-state index contributed by atoms with van der Waals surface area (Å²) in [6, 6.07) is 4.99. The van der Waals surface area contributed by atoms with Crippen LogP contribution >= 0.6 is 0 Å². The molecule has 0 aliphatic rings. The minimum absolute atomic E-state index is 0.119. The van der Waals surface area contributed by atoms with Crippen molar-refractivity contribution < 1.29 is 19.4 Å². The van der Waals surface area contributed by atoms with Gasteiger partial charge in [-0.25, -0.2) is 9.82 Å². The highest BCUT2D eigenvalue weighted by Crippen LogP contribution is 2.21. The van der Waals surface area contributed by atoms with Crippen LogP contribution in [0.1, 0.15) is 27.2 Å². The standard InChI is InChI=1S/C15H14FN3O3/c1-9-14(21)13(11(8-20)6-17-9)7-18-19-15(22)10-2-4-12(16)5-3-10/h2-7,20-21H,8H2,1H3,(H,19,22). The van der Waals surface area contributed by atoms with Crippen LogP contribution < -0.4 is 5.43 Å². The predicted molar refractivity (Wildman–Crippen MR) is 78.0 cm³/mol. The number of hydrazone groups is 1. The van der Waals surface area contributed by atoms with Crippen LogP contribution in [-0.2, 0) is 6.61 Å². The van der Waals surface area contributed by atoms with Crippen LogP contribution in [0.3, 0.4) is 0 Å². The summed E-state index contributed by atoms with van der Waals surface area (Å²) in [7, 11) is 0. The molecule has 0 fully saturated rings. The van der Waals surface area contributed by atoms with E-state index in [0.29, 0.717) is 11.3 Å². The first-order valence-corrected chi connectivity index (χ1v) is 6.40. The molecule has 0 aliphatic carbocycles. The fraction of sp³-hybridized carbons (Fsp3) is 0.133. The van der Waals surface area contributed by atoms with Gasteiger partial charge in [0.25, 0.3) is 5.91 Å². The van der Waals surface area contributed by atoms with Gasteiger partial charge in [-0.3, -0.25) is 9.78 Å². The molecule has 0 unspecified atom stereocenters. The van der Waals surface area contributed by atoms with Gasteiger partial charge in [-0.2, -0.15) is 5.10 Å². The van der Waals surface area contributed by atoms with Gasteiger partial charge in [0.2, 0.25) is 0 Å². The van der Waals surface area contributed by atoms with Crippen molar-refractivity contribution in [3.8, 4) is 5.75 Å². The molecule has 0 saturated heterocycles. The van der Waals surface area contributed by atoms with Crippen LogP contribution in [0, 0.1) is 12.7 Å². The summed E-state index contributed by atoms with van der Waals surface area (Å²) in [5, 5.41) is 22.8. The molecule has 0 spiro atoms. The molecule has 0 radical (unpaired) electrons. The molecule has 114 valence electrons. The Kier molecular flexibility index (Phi) is 4.80. The number of carbonyl (C=O) groups is 1. The minimum Gasteiger partial charge on any atom is -0.505 e. The predicted octanol–water partition coefficient (Wildman–Crippen LogP) is 1.49. The second-order valence-corrected chi connectivity index (χ2v) is 4.50. The molecule has 0 bridgehead atoms. The number of nitrogens with one attached hydrogen (secondary N) is 1. The Morgan fingerprint density at radius 3 is 2.73 bits per heavy atom. The van der Waals surface area contributed by atoms with Gasteiger partial charge in [0.15, 0.2) is 0 Å². The monoisotopic (exact) mass is 303 g/mol. The quantitative estimate of drug-likeness (QED) is 0.589. The summed E-state index contributed by atoms with van der Waals surface area (Å²) in [5.74, 6) is -1.08. The van der Waals surface area contributed by atoms with Crippen LogP contribution in [0.25, 0.3) is 0 Å². The van der Waals surface area contributed by atoms with Crippen LogP contribution in [-0.4, -0.2) is 27.3 Å². The number of pyridine rings is 1. The van der Waals surface area contributed by atoms with Gasteiger partial charge in [0, 0.05) is 22.9 Å². The van der Waals surface area contributed by atoms with E-state index >= 15 is 0 Å². The Hall–Kier alpha value is -2.80. The van der Waals surface area contributed by atoms with Gasteiger partial charge in [0.05, 0.1) is 18.5 Å². The molecular weight excluding hydrogens is 289 g/mol. The maximum Gasteiger partial charge on any atom is 0.271 e. The highest BCUT2D eigenvalue weighted by Gasteiger charge is 2.10. The first kappa shape index (κ1) is 15.6. The average Bonchev–Trinajstić information content (AvgIpc) is 2.52. The molecule has 3 N–H and O–H groups in total. The van der Waals surface area contributed by atoms with Crippen LogP contribution in [0.15, 0.2) is 35.6 Å². The summed E-state index contributed by atoms with van der Waals surface area (Å²) < 4.78 is 12.8. The van der Waals surface area contributed by atoms with Crippen molar-refractivity contribution in [1.29, 1.82) is 0 Å².